The van der Waals surface area contributed by atoms with Crippen LogP contribution in [0.15, 0.2) is 60.7 Å². The second kappa shape index (κ2) is 18.9. The molecule has 0 aliphatic rings. The molecular weight excluding hydrogens is 587 g/mol. The zero-order chi connectivity index (χ0) is 33.5. The van der Waals surface area contributed by atoms with E-state index in [1.165, 1.54) is 6.08 Å². The molecule has 5 atom stereocenters. The smallest absolute Gasteiger partial charge is 0.345 e. The summed E-state index contributed by atoms with van der Waals surface area (Å²) in [6.45, 7) is 11.3. The molecule has 0 saturated carbocycles. The van der Waals surface area contributed by atoms with E-state index in [1.807, 2.05) is 64.1 Å². The molecule has 9 heteroatoms. The van der Waals surface area contributed by atoms with Crippen LogP contribution in [0.1, 0.15) is 69.2 Å². The molecule has 0 aliphatic carbocycles. The molecule has 2 aromatic rings. The number of carbonyl (C=O) groups excluding carboxylic acids is 3. The fourth-order valence-corrected chi connectivity index (χ4v) is 4.66. The van der Waals surface area contributed by atoms with Gasteiger partial charge in [0.25, 0.3) is 0 Å². The molecule has 2 aromatic carbocycles. The van der Waals surface area contributed by atoms with E-state index in [9.17, 15) is 24.3 Å². The number of amides is 2. The Hall–Kier alpha value is -3.77. The molecule has 0 heterocycles. The lowest BCUT2D eigenvalue weighted by atomic mass is 10.00. The van der Waals surface area contributed by atoms with Crippen LogP contribution in [0, 0.1) is 31.6 Å². The van der Waals surface area contributed by atoms with Crippen LogP contribution in [0.25, 0.3) is 6.08 Å². The molecule has 0 fully saturated rings. The Morgan fingerprint density at radius 3 is 2.29 bits per heavy atom. The van der Waals surface area contributed by atoms with E-state index in [1.54, 1.807) is 6.92 Å². The molecule has 0 aromatic heterocycles. The summed E-state index contributed by atoms with van der Waals surface area (Å²) in [6, 6.07) is 13.2. The van der Waals surface area contributed by atoms with Gasteiger partial charge in [0.1, 0.15) is 6.04 Å². The van der Waals surface area contributed by atoms with Crippen molar-refractivity contribution in [2.75, 3.05) is 6.54 Å². The number of nitrogens with one attached hydrogen (secondary N) is 2. The number of aliphatic carboxylic acids is 1. The van der Waals surface area contributed by atoms with Gasteiger partial charge in [-0.25, -0.2) is 4.79 Å². The van der Waals surface area contributed by atoms with Crippen molar-refractivity contribution >= 4 is 44.4 Å². The minimum atomic E-state index is -1.24. The summed E-state index contributed by atoms with van der Waals surface area (Å²) in [7, 11) is 2.67. The molecule has 0 aliphatic heterocycles. The predicted octanol–water partition coefficient (Wildman–Crippen LogP) is 5.31. The molecule has 0 saturated heterocycles. The third-order valence-corrected chi connectivity index (χ3v) is 7.84. The number of rotatable bonds is 17. The highest BCUT2D eigenvalue weighted by Gasteiger charge is 2.27. The van der Waals surface area contributed by atoms with Crippen molar-refractivity contribution in [2.45, 2.75) is 79.4 Å². The molecule has 2 unspecified atom stereocenters. The first-order valence-corrected chi connectivity index (χ1v) is 16.1. The lowest BCUT2D eigenvalue weighted by molar-refractivity contribution is -0.167. The van der Waals surface area contributed by atoms with Gasteiger partial charge in [-0.05, 0) is 78.6 Å². The molecule has 0 radical (unpaired) electrons. The average molecular weight is 637 g/mol. The van der Waals surface area contributed by atoms with Gasteiger partial charge in [-0.3, -0.25) is 14.4 Å². The fourth-order valence-electron chi connectivity index (χ4n) is 4.47. The van der Waals surface area contributed by atoms with Gasteiger partial charge in [-0.15, -0.1) is 9.24 Å². The van der Waals surface area contributed by atoms with Crippen LogP contribution in [0.2, 0.25) is 0 Å². The molecule has 2 rings (SSSR count). The van der Waals surface area contributed by atoms with E-state index in [-0.39, 0.29) is 31.2 Å². The van der Waals surface area contributed by atoms with E-state index in [0.29, 0.717) is 12.3 Å². The summed E-state index contributed by atoms with van der Waals surface area (Å²) in [6.07, 6.45) is 8.29. The molecule has 2 amide bonds. The normalized spacial score (nSPS) is 14.2. The van der Waals surface area contributed by atoms with E-state index in [4.69, 9.17) is 4.74 Å². The highest BCUT2D eigenvalue weighted by atomic mass is 31.0. The zero-order valence-electron chi connectivity index (χ0n) is 27.3. The average Bonchev–Trinajstić information content (AvgIpc) is 2.98. The number of allylic oxidation sites excluding steroid dienone is 2. The highest BCUT2D eigenvalue weighted by Crippen LogP contribution is 2.14. The molecule has 244 valence electrons. The Balaban J connectivity index is 1.99. The van der Waals surface area contributed by atoms with Crippen molar-refractivity contribution in [2.24, 2.45) is 17.8 Å². The highest BCUT2D eigenvalue weighted by molar-refractivity contribution is 7.27. The Labute approximate surface area is 270 Å². The number of carboxylic acid groups (broad SMARTS) is 1. The molecule has 0 spiro atoms. The minimum absolute atomic E-state index is 0.0291. The predicted molar refractivity (Wildman–Crippen MR) is 183 cm³/mol. The van der Waals surface area contributed by atoms with E-state index < -0.39 is 35.9 Å². The second-order valence-corrected chi connectivity index (χ2v) is 12.9. The molecule has 8 nitrogen and oxygen atoms in total. The topological polar surface area (TPSA) is 122 Å². The van der Waals surface area contributed by atoms with Crippen molar-refractivity contribution in [3.8, 4) is 0 Å². The molecule has 45 heavy (non-hydrogen) atoms. The first-order chi connectivity index (χ1) is 21.2. The zero-order valence-corrected chi connectivity index (χ0v) is 28.5. The quantitative estimate of drug-likeness (QED) is 0.123. The second-order valence-electron chi connectivity index (χ2n) is 12.2. The van der Waals surface area contributed by atoms with Gasteiger partial charge in [0.15, 0.2) is 6.10 Å². The summed E-state index contributed by atoms with van der Waals surface area (Å²) in [5.74, 6) is -3.16. The SMILES string of the molecule is Cc1ccc(C[C@@H](NC(=O)/C=C/CC[C@H](C)/C=C/c2ccc(P)cc2)C(=O)NCC(C)C(=O)O[C@@H](CC(C)C)C(=O)O)cc1C. The Morgan fingerprint density at radius 1 is 0.978 bits per heavy atom. The fraction of sp³-hybridized carbons (Fsp3) is 0.444. The number of carbonyl (C=O) groups is 4. The number of ether oxygens (including phenoxy) is 1. The van der Waals surface area contributed by atoms with Crippen LogP contribution in [-0.2, 0) is 30.3 Å². The summed E-state index contributed by atoms with van der Waals surface area (Å²) in [4.78, 5) is 50.2. The lowest BCUT2D eigenvalue weighted by Crippen LogP contribution is -2.49. The maximum atomic E-state index is 13.3. The van der Waals surface area contributed by atoms with Crippen LogP contribution in [0.3, 0.4) is 0 Å². The van der Waals surface area contributed by atoms with Gasteiger partial charge in [0.05, 0.1) is 5.92 Å². The number of esters is 1. The Bertz CT molecular complexity index is 1350. The third kappa shape index (κ3) is 14.3. The number of hydrogen-bond acceptors (Lipinski definition) is 5. The standard InChI is InChI=1S/C36H49N2O6P/c1-23(2)19-32(35(41)42)44-36(43)27(6)22-37-34(40)31(21-29-14-12-25(4)26(5)20-29)38-33(39)10-8-7-9-24(3)11-13-28-15-17-30(45)18-16-28/h8,10-18,20,23-24,27,31-32H,7,9,19,21-22,45H2,1-6H3,(H,37,40)(H,38,39)(H,41,42)/b10-8+,13-11+/t24-,27?,31+,32-/m0/s1. The van der Waals surface area contributed by atoms with Crippen LogP contribution >= 0.6 is 9.24 Å². The Kier molecular flexibility index (Phi) is 15.7. The van der Waals surface area contributed by atoms with Gasteiger partial charge in [0.2, 0.25) is 11.8 Å². The maximum Gasteiger partial charge on any atom is 0.345 e. The van der Waals surface area contributed by atoms with Crippen molar-refractivity contribution in [3.63, 3.8) is 0 Å². The first kappa shape index (κ1) is 37.4. The van der Waals surface area contributed by atoms with Gasteiger partial charge in [-0.1, -0.05) is 88.4 Å². The van der Waals surface area contributed by atoms with Gasteiger partial charge in [-0.2, -0.15) is 0 Å². The summed E-state index contributed by atoms with van der Waals surface area (Å²) < 4.78 is 5.20. The monoisotopic (exact) mass is 636 g/mol. The van der Waals surface area contributed by atoms with Crippen LogP contribution in [-0.4, -0.2) is 47.6 Å². The van der Waals surface area contributed by atoms with Gasteiger partial charge < -0.3 is 20.5 Å². The van der Waals surface area contributed by atoms with Crippen LogP contribution < -0.4 is 15.9 Å². The summed E-state index contributed by atoms with van der Waals surface area (Å²) in [5.41, 5.74) is 4.23. The number of aryl methyl sites for hydroxylation is 2. The van der Waals surface area contributed by atoms with Gasteiger partial charge in [0, 0.05) is 13.0 Å². The number of hydrogen-bond donors (Lipinski definition) is 3. The largest absolute Gasteiger partial charge is 0.479 e. The van der Waals surface area contributed by atoms with Crippen molar-refractivity contribution in [1.82, 2.24) is 10.6 Å². The maximum absolute atomic E-state index is 13.3. The third-order valence-electron chi connectivity index (χ3n) is 7.46. The number of carboxylic acids is 1. The van der Waals surface area contributed by atoms with Crippen LogP contribution in [0.4, 0.5) is 0 Å². The van der Waals surface area contributed by atoms with E-state index in [0.717, 1.165) is 34.0 Å². The molecular formula is C36H49N2O6P. The van der Waals surface area contributed by atoms with Crippen molar-refractivity contribution in [1.29, 1.82) is 0 Å². The van der Waals surface area contributed by atoms with Crippen LogP contribution in [0.5, 0.6) is 0 Å². The summed E-state index contributed by atoms with van der Waals surface area (Å²) in [5, 5.41) is 16.1. The lowest BCUT2D eigenvalue weighted by Gasteiger charge is -2.21. The van der Waals surface area contributed by atoms with Gasteiger partial charge >= 0.3 is 11.9 Å². The molecule has 3 N–H and O–H groups in total. The van der Waals surface area contributed by atoms with Crippen molar-refractivity contribution in [3.05, 3.63) is 82.9 Å². The van der Waals surface area contributed by atoms with E-state index in [2.05, 4.69) is 51.1 Å². The minimum Gasteiger partial charge on any atom is -0.479 e. The summed E-state index contributed by atoms with van der Waals surface area (Å²) >= 11 is 0. The first-order valence-electron chi connectivity index (χ1n) is 15.5. The number of benzene rings is 2. The van der Waals surface area contributed by atoms with Crippen molar-refractivity contribution < 1.29 is 29.0 Å². The Morgan fingerprint density at radius 2 is 1.67 bits per heavy atom. The van der Waals surface area contributed by atoms with E-state index >= 15 is 0 Å². The molecule has 0 bridgehead atoms.